The van der Waals surface area contributed by atoms with Crippen molar-refractivity contribution in [1.82, 2.24) is 14.5 Å². The second-order valence-corrected chi connectivity index (χ2v) is 6.76. The third kappa shape index (κ3) is 1.94. The van der Waals surface area contributed by atoms with Gasteiger partial charge in [0.15, 0.2) is 5.79 Å². The van der Waals surface area contributed by atoms with Gasteiger partial charge in [0, 0.05) is 6.20 Å². The quantitative estimate of drug-likeness (QED) is 0.922. The summed E-state index contributed by atoms with van der Waals surface area (Å²) in [7, 11) is 0. The van der Waals surface area contributed by atoms with Gasteiger partial charge in [0.2, 0.25) is 0 Å². The first-order valence-electron chi connectivity index (χ1n) is 7.93. The minimum Gasteiger partial charge on any atom is -0.383 e. The molecule has 0 aromatic carbocycles. The van der Waals surface area contributed by atoms with E-state index in [2.05, 4.69) is 21.5 Å². The fraction of sp³-hybridized carbons (Fsp3) is 0.625. The number of ether oxygens (including phenoxy) is 2. The molecule has 4 rings (SSSR count). The molecule has 0 bridgehead atoms. The minimum atomic E-state index is -0.515. The van der Waals surface area contributed by atoms with Gasteiger partial charge in [-0.3, -0.25) is 0 Å². The van der Waals surface area contributed by atoms with E-state index in [4.69, 9.17) is 15.2 Å². The summed E-state index contributed by atoms with van der Waals surface area (Å²) in [5.41, 5.74) is 6.83. The average Bonchev–Trinajstić information content (AvgIpc) is 3.10. The van der Waals surface area contributed by atoms with Crippen molar-refractivity contribution in [3.05, 3.63) is 18.6 Å². The van der Waals surface area contributed by atoms with Gasteiger partial charge in [-0.15, -0.1) is 0 Å². The van der Waals surface area contributed by atoms with Crippen LogP contribution in [0, 0.1) is 5.92 Å². The van der Waals surface area contributed by atoms with Crippen molar-refractivity contribution in [1.29, 1.82) is 0 Å². The van der Waals surface area contributed by atoms with Crippen LogP contribution in [0.2, 0.25) is 0 Å². The van der Waals surface area contributed by atoms with Crippen LogP contribution in [-0.4, -0.2) is 32.5 Å². The Balaban J connectivity index is 1.77. The molecule has 0 amide bonds. The normalized spacial score (nSPS) is 33.4. The summed E-state index contributed by atoms with van der Waals surface area (Å²) in [6.07, 6.45) is 5.91. The van der Waals surface area contributed by atoms with Crippen molar-refractivity contribution in [3.63, 3.8) is 0 Å². The molecule has 0 spiro atoms. The highest BCUT2D eigenvalue weighted by molar-refractivity contribution is 5.86. The van der Waals surface area contributed by atoms with E-state index in [1.54, 1.807) is 0 Å². The van der Waals surface area contributed by atoms with Crippen LogP contribution >= 0.6 is 0 Å². The summed E-state index contributed by atoms with van der Waals surface area (Å²) in [6, 6.07) is 2.21. The van der Waals surface area contributed by atoms with Crippen LogP contribution in [0.25, 0.3) is 11.0 Å². The lowest BCUT2D eigenvalue weighted by Gasteiger charge is -2.24. The van der Waals surface area contributed by atoms with Gasteiger partial charge in [-0.05, 0) is 32.3 Å². The number of aromatic nitrogens is 3. The van der Waals surface area contributed by atoms with Crippen molar-refractivity contribution in [2.24, 2.45) is 5.92 Å². The number of fused-ring (bicyclic) bond motifs is 2. The highest BCUT2D eigenvalue weighted by Gasteiger charge is 2.54. The predicted molar refractivity (Wildman–Crippen MR) is 83.2 cm³/mol. The van der Waals surface area contributed by atoms with E-state index in [9.17, 15) is 0 Å². The molecule has 1 aliphatic carbocycles. The van der Waals surface area contributed by atoms with E-state index >= 15 is 0 Å². The number of anilines is 1. The fourth-order valence-corrected chi connectivity index (χ4v) is 3.99. The molecular formula is C16H22N4O2. The first kappa shape index (κ1) is 14.0. The molecule has 6 nitrogen and oxygen atoms in total. The van der Waals surface area contributed by atoms with E-state index in [0.29, 0.717) is 11.7 Å². The predicted octanol–water partition coefficient (Wildman–Crippen LogP) is 2.50. The molecular weight excluding hydrogens is 280 g/mol. The van der Waals surface area contributed by atoms with Gasteiger partial charge in [0.05, 0.1) is 17.5 Å². The molecule has 3 heterocycles. The van der Waals surface area contributed by atoms with Crippen LogP contribution < -0.4 is 5.73 Å². The smallest absolute Gasteiger partial charge is 0.163 e. The molecule has 2 fully saturated rings. The third-order valence-corrected chi connectivity index (χ3v) is 4.97. The highest BCUT2D eigenvalue weighted by Crippen LogP contribution is 2.48. The number of nitrogens with two attached hydrogens (primary N) is 1. The molecule has 22 heavy (non-hydrogen) atoms. The van der Waals surface area contributed by atoms with Crippen molar-refractivity contribution in [2.75, 3.05) is 5.73 Å². The zero-order chi connectivity index (χ0) is 15.5. The summed E-state index contributed by atoms with van der Waals surface area (Å²) in [6.45, 7) is 6.19. The van der Waals surface area contributed by atoms with Gasteiger partial charge in [0.25, 0.3) is 0 Å². The van der Waals surface area contributed by atoms with E-state index < -0.39 is 5.79 Å². The molecule has 2 N–H and O–H groups in total. The lowest BCUT2D eigenvalue weighted by atomic mass is 10.0. The van der Waals surface area contributed by atoms with E-state index in [1.807, 2.05) is 26.1 Å². The molecule has 2 aliphatic rings. The van der Waals surface area contributed by atoms with Gasteiger partial charge >= 0.3 is 0 Å². The summed E-state index contributed by atoms with van der Waals surface area (Å²) in [5.74, 6) is 0.515. The molecule has 2 aromatic rings. The summed E-state index contributed by atoms with van der Waals surface area (Å²) >= 11 is 0. The maximum absolute atomic E-state index is 6.20. The molecule has 1 saturated heterocycles. The van der Waals surface area contributed by atoms with Gasteiger partial charge in [-0.25, -0.2) is 9.97 Å². The zero-order valence-electron chi connectivity index (χ0n) is 13.2. The van der Waals surface area contributed by atoms with Crippen LogP contribution in [0.4, 0.5) is 5.82 Å². The van der Waals surface area contributed by atoms with Crippen LogP contribution in [0.1, 0.15) is 39.7 Å². The molecule has 6 heteroatoms. The summed E-state index contributed by atoms with van der Waals surface area (Å²) in [5, 5.41) is 0.900. The number of nitrogen functional groups attached to an aromatic ring is 1. The van der Waals surface area contributed by atoms with Gasteiger partial charge in [-0.2, -0.15) is 0 Å². The molecule has 1 saturated carbocycles. The Hall–Kier alpha value is -1.66. The van der Waals surface area contributed by atoms with Crippen LogP contribution in [-0.2, 0) is 9.47 Å². The number of nitrogens with zero attached hydrogens (tertiary/aromatic N) is 3. The van der Waals surface area contributed by atoms with Crippen LogP contribution in [0.15, 0.2) is 18.6 Å². The van der Waals surface area contributed by atoms with Crippen molar-refractivity contribution in [3.8, 4) is 0 Å². The second-order valence-electron chi connectivity index (χ2n) is 6.76. The molecule has 0 unspecified atom stereocenters. The Morgan fingerprint density at radius 2 is 2.09 bits per heavy atom. The number of hydrogen-bond donors (Lipinski definition) is 1. The van der Waals surface area contributed by atoms with Crippen LogP contribution in [0.3, 0.4) is 0 Å². The monoisotopic (exact) mass is 302 g/mol. The SMILES string of the molecule is CC[C@H]1C[C@@H](n2ccc3c(N)ncnc32)[C@@H]2OC(C)(C)O[C@H]12. The minimum absolute atomic E-state index is 0.0618. The third-order valence-electron chi connectivity index (χ3n) is 4.97. The van der Waals surface area contributed by atoms with E-state index in [0.717, 1.165) is 23.9 Å². The lowest BCUT2D eigenvalue weighted by Crippen LogP contribution is -2.27. The second kappa shape index (κ2) is 4.67. The van der Waals surface area contributed by atoms with Crippen molar-refractivity contribution in [2.45, 2.75) is 57.6 Å². The van der Waals surface area contributed by atoms with Crippen LogP contribution in [0.5, 0.6) is 0 Å². The molecule has 118 valence electrons. The molecule has 4 atom stereocenters. The molecule has 0 radical (unpaired) electrons. The first-order chi connectivity index (χ1) is 10.5. The van der Waals surface area contributed by atoms with Crippen molar-refractivity contribution >= 4 is 16.9 Å². The lowest BCUT2D eigenvalue weighted by molar-refractivity contribution is -0.160. The maximum Gasteiger partial charge on any atom is 0.163 e. The van der Waals surface area contributed by atoms with Crippen molar-refractivity contribution < 1.29 is 9.47 Å². The topological polar surface area (TPSA) is 75.2 Å². The largest absolute Gasteiger partial charge is 0.383 e. The standard InChI is InChI=1S/C16H22N4O2/c1-4-9-7-11(13-12(9)21-16(2,3)22-13)20-6-5-10-14(17)18-8-19-15(10)20/h5-6,8-9,11-13H,4,7H2,1-3H3,(H2,17,18,19)/t9-,11+,12+,13-/m0/s1. The number of hydrogen-bond acceptors (Lipinski definition) is 5. The fourth-order valence-electron chi connectivity index (χ4n) is 3.99. The highest BCUT2D eigenvalue weighted by atomic mass is 16.8. The summed E-state index contributed by atoms with van der Waals surface area (Å²) in [4.78, 5) is 8.49. The molecule has 1 aliphatic heterocycles. The summed E-state index contributed by atoms with van der Waals surface area (Å²) < 4.78 is 14.5. The molecule has 2 aromatic heterocycles. The zero-order valence-corrected chi connectivity index (χ0v) is 13.2. The van der Waals surface area contributed by atoms with E-state index in [-0.39, 0.29) is 18.2 Å². The maximum atomic E-state index is 6.20. The first-order valence-corrected chi connectivity index (χ1v) is 7.93. The Bertz CT molecular complexity index is 711. The van der Waals surface area contributed by atoms with Gasteiger partial charge in [0.1, 0.15) is 23.9 Å². The van der Waals surface area contributed by atoms with Gasteiger partial charge < -0.3 is 19.8 Å². The Morgan fingerprint density at radius 1 is 1.32 bits per heavy atom. The number of rotatable bonds is 2. The Kier molecular flexibility index (Phi) is 2.96. The van der Waals surface area contributed by atoms with Gasteiger partial charge in [-0.1, -0.05) is 13.3 Å². The Morgan fingerprint density at radius 3 is 2.86 bits per heavy atom. The average molecular weight is 302 g/mol. The Labute approximate surface area is 129 Å². The van der Waals surface area contributed by atoms with E-state index in [1.165, 1.54) is 6.33 Å².